The minimum Gasteiger partial charge on any atom is -0.375 e. The van der Waals surface area contributed by atoms with E-state index in [-0.39, 0.29) is 12.2 Å². The molecular weight excluding hydrogens is 316 g/mol. The zero-order valence-corrected chi connectivity index (χ0v) is 14.5. The second kappa shape index (κ2) is 8.08. The normalized spacial score (nSPS) is 26.6. The van der Waals surface area contributed by atoms with Crippen LogP contribution in [0.4, 0.5) is 0 Å². The molecule has 3 heterocycles. The van der Waals surface area contributed by atoms with Gasteiger partial charge in [0.05, 0.1) is 18.8 Å². The summed E-state index contributed by atoms with van der Waals surface area (Å²) in [4.78, 5) is 6.66. The summed E-state index contributed by atoms with van der Waals surface area (Å²) in [6, 6.07) is 6.62. The lowest BCUT2D eigenvalue weighted by molar-refractivity contribution is -0.115. The summed E-state index contributed by atoms with van der Waals surface area (Å²) in [7, 11) is 0. The van der Waals surface area contributed by atoms with Gasteiger partial charge in [0.25, 0.3) is 0 Å². The van der Waals surface area contributed by atoms with Crippen LogP contribution in [0.1, 0.15) is 24.8 Å². The van der Waals surface area contributed by atoms with Gasteiger partial charge in [-0.3, -0.25) is 14.6 Å². The maximum atomic E-state index is 6.17. The van der Waals surface area contributed by atoms with Gasteiger partial charge in [-0.1, -0.05) is 0 Å². The lowest BCUT2D eigenvalue weighted by Gasteiger charge is -2.39. The fourth-order valence-electron chi connectivity index (χ4n) is 3.98. The molecule has 6 nitrogen and oxygen atoms in total. The molecule has 0 N–H and O–H groups in total. The molecule has 0 spiro atoms. The zero-order chi connectivity index (χ0) is 16.9. The van der Waals surface area contributed by atoms with Crippen LogP contribution in [0.25, 0.3) is 0 Å². The van der Waals surface area contributed by atoms with Crippen molar-refractivity contribution in [2.45, 2.75) is 50.6 Å². The quantitative estimate of drug-likeness (QED) is 0.722. The van der Waals surface area contributed by atoms with Crippen LogP contribution in [0, 0.1) is 0 Å². The Morgan fingerprint density at radius 1 is 1.20 bits per heavy atom. The number of pyridine rings is 1. The molecule has 1 saturated heterocycles. The largest absolute Gasteiger partial charge is 0.375 e. The summed E-state index contributed by atoms with van der Waals surface area (Å²) in [6.45, 7) is 4.43. The molecule has 1 aliphatic carbocycles. The molecule has 0 radical (unpaired) electrons. The van der Waals surface area contributed by atoms with Crippen molar-refractivity contribution in [1.29, 1.82) is 0 Å². The van der Waals surface area contributed by atoms with Gasteiger partial charge in [0.15, 0.2) is 0 Å². The first-order valence-electron chi connectivity index (χ1n) is 9.24. The Labute approximate surface area is 148 Å². The van der Waals surface area contributed by atoms with E-state index in [1.165, 1.54) is 5.56 Å². The number of rotatable bonds is 7. The van der Waals surface area contributed by atoms with E-state index in [9.17, 15) is 0 Å². The van der Waals surface area contributed by atoms with Crippen LogP contribution < -0.4 is 0 Å². The van der Waals surface area contributed by atoms with Gasteiger partial charge < -0.3 is 9.47 Å². The van der Waals surface area contributed by atoms with Crippen molar-refractivity contribution in [3.8, 4) is 0 Å². The van der Waals surface area contributed by atoms with Crippen molar-refractivity contribution in [3.63, 3.8) is 0 Å². The summed E-state index contributed by atoms with van der Waals surface area (Å²) in [5.41, 5.74) is 1.32. The van der Waals surface area contributed by atoms with Crippen LogP contribution in [0.5, 0.6) is 0 Å². The Balaban J connectivity index is 1.27. The second-order valence-corrected chi connectivity index (χ2v) is 6.84. The zero-order valence-electron chi connectivity index (χ0n) is 14.5. The molecule has 2 aromatic heterocycles. The van der Waals surface area contributed by atoms with E-state index < -0.39 is 0 Å². The molecule has 0 bridgehead atoms. The fourth-order valence-corrected chi connectivity index (χ4v) is 3.98. The smallest absolute Gasteiger partial charge is 0.0992 e. The number of hydrogen-bond acceptors (Lipinski definition) is 5. The van der Waals surface area contributed by atoms with Gasteiger partial charge in [-0.25, -0.2) is 0 Å². The van der Waals surface area contributed by atoms with E-state index in [1.54, 1.807) is 0 Å². The molecule has 2 aliphatic rings. The molecule has 6 heteroatoms. The minimum atomic E-state index is 0.209. The topological polar surface area (TPSA) is 52.4 Å². The summed E-state index contributed by atoms with van der Waals surface area (Å²) in [5.74, 6) is 0. The first-order valence-corrected chi connectivity index (χ1v) is 9.24. The summed E-state index contributed by atoms with van der Waals surface area (Å²) in [5, 5.41) is 4.23. The van der Waals surface area contributed by atoms with E-state index in [1.807, 2.05) is 35.5 Å². The van der Waals surface area contributed by atoms with Crippen molar-refractivity contribution in [3.05, 3.63) is 48.5 Å². The Morgan fingerprint density at radius 2 is 2.12 bits per heavy atom. The third-order valence-corrected chi connectivity index (χ3v) is 5.21. The number of morpholine rings is 1. The number of hydrogen-bond donors (Lipinski definition) is 0. The number of nitrogens with zero attached hydrogens (tertiary/aromatic N) is 4. The summed E-state index contributed by atoms with van der Waals surface area (Å²) >= 11 is 0. The average Bonchev–Trinajstić information content (AvgIpc) is 3.30. The van der Waals surface area contributed by atoms with Gasteiger partial charge in [-0.2, -0.15) is 5.10 Å². The number of aromatic nitrogens is 3. The van der Waals surface area contributed by atoms with Gasteiger partial charge in [-0.15, -0.1) is 0 Å². The number of fused-ring (bicyclic) bond motifs is 1. The molecule has 1 aliphatic heterocycles. The Morgan fingerprint density at radius 3 is 2.96 bits per heavy atom. The van der Waals surface area contributed by atoms with Crippen molar-refractivity contribution in [2.75, 3.05) is 19.8 Å². The summed E-state index contributed by atoms with van der Waals surface area (Å²) < 4.78 is 14.2. The third kappa shape index (κ3) is 4.08. The van der Waals surface area contributed by atoms with Crippen LogP contribution in [0.15, 0.2) is 43.0 Å². The van der Waals surface area contributed by atoms with E-state index in [0.29, 0.717) is 6.04 Å². The van der Waals surface area contributed by atoms with Crippen LogP contribution in [0.2, 0.25) is 0 Å². The molecule has 0 unspecified atom stereocenters. The molecule has 0 aromatic carbocycles. The Hall–Kier alpha value is -1.76. The van der Waals surface area contributed by atoms with Crippen molar-refractivity contribution in [1.82, 2.24) is 19.7 Å². The predicted octanol–water partition coefficient (Wildman–Crippen LogP) is 2.12. The van der Waals surface area contributed by atoms with Crippen molar-refractivity contribution >= 4 is 0 Å². The highest BCUT2D eigenvalue weighted by atomic mass is 16.5. The van der Waals surface area contributed by atoms with Gasteiger partial charge >= 0.3 is 0 Å². The van der Waals surface area contributed by atoms with Gasteiger partial charge in [0.1, 0.15) is 0 Å². The molecule has 25 heavy (non-hydrogen) atoms. The standard InChI is InChI=1S/C19H26N4O2/c1-7-21-23(10-1)11-2-13-24-18-4-3-17-19(18)25-14-12-22(17)15-16-5-8-20-9-6-16/h1,5-10,17-19H,2-4,11-15H2/t17-,18+,19+/m0/s1. The van der Waals surface area contributed by atoms with Crippen LogP contribution in [-0.2, 0) is 22.6 Å². The van der Waals surface area contributed by atoms with Gasteiger partial charge in [-0.05, 0) is 43.0 Å². The Kier molecular flexibility index (Phi) is 5.40. The van der Waals surface area contributed by atoms with E-state index in [4.69, 9.17) is 9.47 Å². The van der Waals surface area contributed by atoms with Crippen LogP contribution in [-0.4, -0.2) is 57.7 Å². The molecular formula is C19H26N4O2. The molecule has 2 aromatic rings. The highest BCUT2D eigenvalue weighted by Gasteiger charge is 2.43. The minimum absolute atomic E-state index is 0.209. The molecule has 2 fully saturated rings. The van der Waals surface area contributed by atoms with Gasteiger partial charge in [0.2, 0.25) is 0 Å². The predicted molar refractivity (Wildman–Crippen MR) is 94.0 cm³/mol. The van der Waals surface area contributed by atoms with Crippen molar-refractivity contribution in [2.24, 2.45) is 0 Å². The third-order valence-electron chi connectivity index (χ3n) is 5.21. The fraction of sp³-hybridized carbons (Fsp3) is 0.579. The molecule has 4 rings (SSSR count). The number of aryl methyl sites for hydroxylation is 1. The summed E-state index contributed by atoms with van der Waals surface area (Å²) in [6.07, 6.45) is 11.2. The van der Waals surface area contributed by atoms with E-state index in [2.05, 4.69) is 27.1 Å². The molecule has 3 atom stereocenters. The molecule has 0 amide bonds. The van der Waals surface area contributed by atoms with Crippen molar-refractivity contribution < 1.29 is 9.47 Å². The van der Waals surface area contributed by atoms with Crippen LogP contribution in [0.3, 0.4) is 0 Å². The SMILES string of the molecule is c1cnn(CCCO[C@@H]2CC[C@H]3[C@H]2OCCN3Cc2ccncc2)c1. The maximum absolute atomic E-state index is 6.17. The molecule has 134 valence electrons. The first-order chi connectivity index (χ1) is 12.4. The highest BCUT2D eigenvalue weighted by Crippen LogP contribution is 2.33. The van der Waals surface area contributed by atoms with Crippen LogP contribution >= 0.6 is 0 Å². The van der Waals surface area contributed by atoms with Gasteiger partial charge in [0, 0.05) is 57.1 Å². The lowest BCUT2D eigenvalue weighted by atomic mass is 10.1. The first kappa shape index (κ1) is 16.7. The highest BCUT2D eigenvalue weighted by molar-refractivity contribution is 5.10. The van der Waals surface area contributed by atoms with E-state index in [0.717, 1.165) is 52.1 Å². The van der Waals surface area contributed by atoms with E-state index >= 15 is 0 Å². The maximum Gasteiger partial charge on any atom is 0.0992 e. The Bertz CT molecular complexity index is 634. The lowest BCUT2D eigenvalue weighted by Crippen LogP contribution is -2.51. The monoisotopic (exact) mass is 342 g/mol. The molecule has 1 saturated carbocycles. The second-order valence-electron chi connectivity index (χ2n) is 6.84. The average molecular weight is 342 g/mol. The number of ether oxygens (including phenoxy) is 2.